The molecule has 0 aliphatic carbocycles. The van der Waals surface area contributed by atoms with E-state index in [1.807, 2.05) is 13.8 Å². The molecule has 7 heteroatoms. The third kappa shape index (κ3) is 2.65. The molecule has 1 aromatic carbocycles. The molecule has 2 aromatic heterocycles. The number of carbonyl (C=O) groups excluding carboxylic acids is 1. The highest BCUT2D eigenvalue weighted by Crippen LogP contribution is 2.23. The first-order valence-electron chi connectivity index (χ1n) is 6.54. The average molecular weight is 319 g/mol. The number of nitrogens with one attached hydrogen (secondary N) is 1. The number of benzene rings is 1. The topological polar surface area (TPSA) is 59.3 Å². The number of rotatable bonds is 2. The molecule has 0 saturated heterocycles. The molecule has 3 rings (SSSR count). The summed E-state index contributed by atoms with van der Waals surface area (Å²) in [6, 6.07) is 7.19. The van der Waals surface area contributed by atoms with E-state index >= 15 is 0 Å². The molecule has 112 valence electrons. The SMILES string of the molecule is Cc1cc2nc(C(=O)Nc3ccc(F)cc3Cl)cc(C)n2n1. The van der Waals surface area contributed by atoms with Gasteiger partial charge in [-0.1, -0.05) is 11.6 Å². The van der Waals surface area contributed by atoms with Crippen LogP contribution in [0.3, 0.4) is 0 Å². The first-order chi connectivity index (χ1) is 10.4. The van der Waals surface area contributed by atoms with Gasteiger partial charge in [-0.15, -0.1) is 0 Å². The van der Waals surface area contributed by atoms with Gasteiger partial charge in [0.05, 0.1) is 16.4 Å². The fourth-order valence-electron chi connectivity index (χ4n) is 2.13. The predicted octanol–water partition coefficient (Wildman–Crippen LogP) is 3.39. The zero-order valence-electron chi connectivity index (χ0n) is 11.9. The van der Waals surface area contributed by atoms with Crippen molar-refractivity contribution in [2.24, 2.45) is 0 Å². The molecule has 0 saturated carbocycles. The van der Waals surface area contributed by atoms with E-state index in [0.29, 0.717) is 11.3 Å². The number of halogens is 2. The molecule has 1 amide bonds. The lowest BCUT2D eigenvalue weighted by molar-refractivity contribution is 0.102. The fourth-order valence-corrected chi connectivity index (χ4v) is 2.35. The molecular weight excluding hydrogens is 307 g/mol. The van der Waals surface area contributed by atoms with E-state index in [1.54, 1.807) is 16.6 Å². The summed E-state index contributed by atoms with van der Waals surface area (Å²) in [6.45, 7) is 3.69. The largest absolute Gasteiger partial charge is 0.319 e. The van der Waals surface area contributed by atoms with E-state index in [0.717, 1.165) is 17.5 Å². The second kappa shape index (κ2) is 5.38. The van der Waals surface area contributed by atoms with E-state index in [1.165, 1.54) is 12.1 Å². The molecule has 0 bridgehead atoms. The van der Waals surface area contributed by atoms with Crippen molar-refractivity contribution in [1.82, 2.24) is 14.6 Å². The number of aryl methyl sites for hydroxylation is 2. The number of hydrogen-bond donors (Lipinski definition) is 1. The number of aromatic nitrogens is 3. The summed E-state index contributed by atoms with van der Waals surface area (Å²) in [5.74, 6) is -0.883. The maximum Gasteiger partial charge on any atom is 0.274 e. The Labute approximate surface area is 130 Å². The van der Waals surface area contributed by atoms with Crippen molar-refractivity contribution in [2.45, 2.75) is 13.8 Å². The zero-order chi connectivity index (χ0) is 15.9. The normalized spacial score (nSPS) is 10.9. The monoisotopic (exact) mass is 318 g/mol. The smallest absolute Gasteiger partial charge is 0.274 e. The van der Waals surface area contributed by atoms with Crippen LogP contribution in [0, 0.1) is 19.7 Å². The van der Waals surface area contributed by atoms with Crippen LogP contribution >= 0.6 is 11.6 Å². The van der Waals surface area contributed by atoms with E-state index < -0.39 is 11.7 Å². The summed E-state index contributed by atoms with van der Waals surface area (Å²) < 4.78 is 14.7. The van der Waals surface area contributed by atoms with Gasteiger partial charge in [-0.3, -0.25) is 4.79 Å². The van der Waals surface area contributed by atoms with Crippen LogP contribution in [-0.2, 0) is 0 Å². The third-order valence-corrected chi connectivity index (χ3v) is 3.45. The van der Waals surface area contributed by atoms with E-state index in [4.69, 9.17) is 11.6 Å². The van der Waals surface area contributed by atoms with Gasteiger partial charge in [-0.05, 0) is 38.1 Å². The van der Waals surface area contributed by atoms with Crippen LogP contribution in [0.1, 0.15) is 21.9 Å². The van der Waals surface area contributed by atoms with Gasteiger partial charge in [0.1, 0.15) is 11.5 Å². The molecule has 0 atom stereocenters. The average Bonchev–Trinajstić information content (AvgIpc) is 2.83. The highest BCUT2D eigenvalue weighted by Gasteiger charge is 2.13. The predicted molar refractivity (Wildman–Crippen MR) is 81.8 cm³/mol. The van der Waals surface area contributed by atoms with Gasteiger partial charge in [0.25, 0.3) is 5.91 Å². The molecule has 5 nitrogen and oxygen atoms in total. The van der Waals surface area contributed by atoms with Crippen molar-refractivity contribution in [3.8, 4) is 0 Å². The van der Waals surface area contributed by atoms with Crippen molar-refractivity contribution in [1.29, 1.82) is 0 Å². The van der Waals surface area contributed by atoms with Crippen LogP contribution in [0.15, 0.2) is 30.3 Å². The van der Waals surface area contributed by atoms with Crippen molar-refractivity contribution >= 4 is 28.8 Å². The molecule has 0 radical (unpaired) electrons. The highest BCUT2D eigenvalue weighted by molar-refractivity contribution is 6.33. The molecule has 3 aromatic rings. The van der Waals surface area contributed by atoms with Crippen LogP contribution in [0.25, 0.3) is 5.65 Å². The molecule has 0 spiro atoms. The Bertz CT molecular complexity index is 891. The number of anilines is 1. The van der Waals surface area contributed by atoms with Crippen molar-refractivity contribution in [2.75, 3.05) is 5.32 Å². The number of nitrogens with zero attached hydrogens (tertiary/aromatic N) is 3. The third-order valence-electron chi connectivity index (χ3n) is 3.14. The Kier molecular flexibility index (Phi) is 3.54. The number of amides is 1. The zero-order valence-corrected chi connectivity index (χ0v) is 12.6. The molecule has 0 aliphatic rings. The lowest BCUT2D eigenvalue weighted by atomic mass is 10.2. The van der Waals surface area contributed by atoms with Crippen LogP contribution in [0.5, 0.6) is 0 Å². The summed E-state index contributed by atoms with van der Waals surface area (Å²) in [5.41, 5.74) is 2.76. The number of hydrogen-bond acceptors (Lipinski definition) is 3. The number of carbonyl (C=O) groups is 1. The molecule has 0 unspecified atom stereocenters. The quantitative estimate of drug-likeness (QED) is 0.788. The van der Waals surface area contributed by atoms with Crippen molar-refractivity contribution in [3.63, 3.8) is 0 Å². The molecule has 0 aliphatic heterocycles. The van der Waals surface area contributed by atoms with Gasteiger partial charge in [0.15, 0.2) is 5.65 Å². The first-order valence-corrected chi connectivity index (χ1v) is 6.92. The van der Waals surface area contributed by atoms with Gasteiger partial charge in [0, 0.05) is 11.8 Å². The van der Waals surface area contributed by atoms with Gasteiger partial charge in [0.2, 0.25) is 0 Å². The summed E-state index contributed by atoms with van der Waals surface area (Å²) in [5, 5.41) is 7.03. The molecule has 22 heavy (non-hydrogen) atoms. The number of fused-ring (bicyclic) bond motifs is 1. The maximum atomic E-state index is 13.0. The Balaban J connectivity index is 1.94. The molecule has 1 N–H and O–H groups in total. The molecular formula is C15H12ClFN4O. The second-order valence-corrected chi connectivity index (χ2v) is 5.32. The first kappa shape index (κ1) is 14.5. The van der Waals surface area contributed by atoms with E-state index in [9.17, 15) is 9.18 Å². The van der Waals surface area contributed by atoms with Crippen LogP contribution in [-0.4, -0.2) is 20.5 Å². The minimum Gasteiger partial charge on any atom is -0.319 e. The standard InChI is InChI=1S/C15H12ClFN4O/c1-8-5-14-18-13(6-9(2)21(14)20-8)15(22)19-12-4-3-10(17)7-11(12)16/h3-7H,1-2H3,(H,19,22). The Hall–Kier alpha value is -2.47. The maximum absolute atomic E-state index is 13.0. The van der Waals surface area contributed by atoms with E-state index in [2.05, 4.69) is 15.4 Å². The van der Waals surface area contributed by atoms with E-state index in [-0.39, 0.29) is 10.7 Å². The fraction of sp³-hybridized carbons (Fsp3) is 0.133. The van der Waals surface area contributed by atoms with Crippen LogP contribution < -0.4 is 5.32 Å². The lowest BCUT2D eigenvalue weighted by Gasteiger charge is -2.08. The van der Waals surface area contributed by atoms with Gasteiger partial charge < -0.3 is 5.32 Å². The second-order valence-electron chi connectivity index (χ2n) is 4.92. The lowest BCUT2D eigenvalue weighted by Crippen LogP contribution is -2.15. The summed E-state index contributed by atoms with van der Waals surface area (Å²) >= 11 is 5.90. The molecule has 0 fully saturated rings. The summed E-state index contributed by atoms with van der Waals surface area (Å²) in [7, 11) is 0. The Morgan fingerprint density at radius 3 is 2.77 bits per heavy atom. The van der Waals surface area contributed by atoms with Gasteiger partial charge >= 0.3 is 0 Å². The van der Waals surface area contributed by atoms with Gasteiger partial charge in [-0.25, -0.2) is 13.9 Å². The Morgan fingerprint density at radius 1 is 1.27 bits per heavy atom. The van der Waals surface area contributed by atoms with Crippen LogP contribution in [0.4, 0.5) is 10.1 Å². The Morgan fingerprint density at radius 2 is 2.05 bits per heavy atom. The minimum atomic E-state index is -0.465. The molecule has 2 heterocycles. The summed E-state index contributed by atoms with van der Waals surface area (Å²) in [4.78, 5) is 16.6. The van der Waals surface area contributed by atoms with Gasteiger partial charge in [-0.2, -0.15) is 5.10 Å². The van der Waals surface area contributed by atoms with Crippen LogP contribution in [0.2, 0.25) is 5.02 Å². The van der Waals surface area contributed by atoms with Crippen molar-refractivity contribution < 1.29 is 9.18 Å². The summed E-state index contributed by atoms with van der Waals surface area (Å²) in [6.07, 6.45) is 0. The highest BCUT2D eigenvalue weighted by atomic mass is 35.5. The minimum absolute atomic E-state index is 0.131. The van der Waals surface area contributed by atoms with Crippen molar-refractivity contribution in [3.05, 3.63) is 58.3 Å².